The summed E-state index contributed by atoms with van der Waals surface area (Å²) in [6.45, 7) is 0.228. The quantitative estimate of drug-likeness (QED) is 0.456. The number of halogens is 1. The van der Waals surface area contributed by atoms with Crippen molar-refractivity contribution in [3.05, 3.63) is 90.3 Å². The molecule has 0 saturated heterocycles. The molecule has 0 unspecified atom stereocenters. The Hall–Kier alpha value is -4.07. The van der Waals surface area contributed by atoms with Gasteiger partial charge >= 0.3 is 0 Å². The zero-order valence-corrected chi connectivity index (χ0v) is 16.5. The van der Waals surface area contributed by atoms with Crippen molar-refractivity contribution in [3.8, 4) is 17.1 Å². The molecule has 4 aromatic rings. The van der Waals surface area contributed by atoms with Crippen LogP contribution in [-0.2, 0) is 17.8 Å². The predicted octanol–water partition coefficient (Wildman–Crippen LogP) is 4.42. The molecule has 7 nitrogen and oxygen atoms in total. The van der Waals surface area contributed by atoms with Crippen LogP contribution in [0.3, 0.4) is 0 Å². The van der Waals surface area contributed by atoms with Gasteiger partial charge in [0.25, 0.3) is 0 Å². The molecule has 31 heavy (non-hydrogen) atoms. The standard InChI is InChI=1S/C23H19FN4O3/c24-18-4-1-3-16(13-18)15-30-20-6-2-5-19(14-20)26-21(29)7-8-22-27-23(28-31-22)17-9-11-25-12-10-17/h1-6,9-14H,7-8,15H2,(H,26,29). The first kappa shape index (κ1) is 20.2. The highest BCUT2D eigenvalue weighted by atomic mass is 19.1. The van der Waals surface area contributed by atoms with Crippen molar-refractivity contribution in [1.82, 2.24) is 15.1 Å². The number of nitrogens with zero attached hydrogens (tertiary/aromatic N) is 3. The van der Waals surface area contributed by atoms with Crippen LogP contribution >= 0.6 is 0 Å². The van der Waals surface area contributed by atoms with E-state index in [1.807, 2.05) is 0 Å². The first-order valence-electron chi connectivity index (χ1n) is 9.66. The average molecular weight is 418 g/mol. The number of anilines is 1. The number of nitrogens with one attached hydrogen (secondary N) is 1. The molecule has 0 aliphatic heterocycles. The monoisotopic (exact) mass is 418 g/mol. The van der Waals surface area contributed by atoms with Gasteiger partial charge in [-0.25, -0.2) is 4.39 Å². The lowest BCUT2D eigenvalue weighted by Gasteiger charge is -2.09. The Morgan fingerprint density at radius 1 is 1.06 bits per heavy atom. The molecule has 2 heterocycles. The minimum absolute atomic E-state index is 0.187. The van der Waals surface area contributed by atoms with Crippen molar-refractivity contribution in [2.75, 3.05) is 5.32 Å². The van der Waals surface area contributed by atoms with Crippen LogP contribution in [0.25, 0.3) is 11.4 Å². The van der Waals surface area contributed by atoms with Gasteiger partial charge in [-0.3, -0.25) is 9.78 Å². The van der Waals surface area contributed by atoms with Crippen LogP contribution in [0.15, 0.2) is 77.6 Å². The van der Waals surface area contributed by atoms with E-state index < -0.39 is 0 Å². The summed E-state index contributed by atoms with van der Waals surface area (Å²) in [5.74, 6) is 0.915. The highest BCUT2D eigenvalue weighted by Crippen LogP contribution is 2.20. The van der Waals surface area contributed by atoms with Crippen LogP contribution in [0.5, 0.6) is 5.75 Å². The summed E-state index contributed by atoms with van der Waals surface area (Å²) in [5, 5.41) is 6.75. The van der Waals surface area contributed by atoms with Gasteiger partial charge in [0.1, 0.15) is 18.2 Å². The Morgan fingerprint density at radius 2 is 1.90 bits per heavy atom. The third-order valence-corrected chi connectivity index (χ3v) is 4.38. The number of pyridine rings is 1. The van der Waals surface area contributed by atoms with Crippen LogP contribution in [0.4, 0.5) is 10.1 Å². The molecule has 0 spiro atoms. The Morgan fingerprint density at radius 3 is 2.74 bits per heavy atom. The number of carbonyl (C=O) groups excluding carboxylic acids is 1. The van der Waals surface area contributed by atoms with Gasteiger partial charge in [-0.2, -0.15) is 4.98 Å². The molecule has 0 radical (unpaired) electrons. The summed E-state index contributed by atoms with van der Waals surface area (Å²) in [4.78, 5) is 20.6. The van der Waals surface area contributed by atoms with Crippen LogP contribution in [0.2, 0.25) is 0 Å². The van der Waals surface area contributed by atoms with Gasteiger partial charge in [-0.1, -0.05) is 23.4 Å². The summed E-state index contributed by atoms with van der Waals surface area (Å²) in [6, 6.07) is 16.8. The van der Waals surface area contributed by atoms with Crippen LogP contribution < -0.4 is 10.1 Å². The van der Waals surface area contributed by atoms with Crippen molar-refractivity contribution in [1.29, 1.82) is 0 Å². The van der Waals surface area contributed by atoms with Gasteiger partial charge in [-0.15, -0.1) is 0 Å². The highest BCUT2D eigenvalue weighted by Gasteiger charge is 2.11. The van der Waals surface area contributed by atoms with E-state index in [-0.39, 0.29) is 24.8 Å². The van der Waals surface area contributed by atoms with Crippen molar-refractivity contribution in [2.24, 2.45) is 0 Å². The highest BCUT2D eigenvalue weighted by molar-refractivity contribution is 5.90. The van der Waals surface area contributed by atoms with Crippen molar-refractivity contribution in [3.63, 3.8) is 0 Å². The molecule has 0 aliphatic rings. The minimum Gasteiger partial charge on any atom is -0.489 e. The van der Waals surface area contributed by atoms with Crippen LogP contribution in [-0.4, -0.2) is 21.0 Å². The summed E-state index contributed by atoms with van der Waals surface area (Å²) in [6.07, 6.45) is 3.80. The fourth-order valence-corrected chi connectivity index (χ4v) is 2.88. The number of rotatable bonds is 8. The summed E-state index contributed by atoms with van der Waals surface area (Å²) in [7, 11) is 0. The molecule has 156 valence electrons. The van der Waals surface area contributed by atoms with Crippen LogP contribution in [0.1, 0.15) is 17.9 Å². The van der Waals surface area contributed by atoms with Gasteiger partial charge in [0, 0.05) is 42.6 Å². The number of aromatic nitrogens is 3. The number of aryl methyl sites for hydroxylation is 1. The molecule has 1 N–H and O–H groups in total. The number of hydrogen-bond acceptors (Lipinski definition) is 6. The second kappa shape index (κ2) is 9.62. The molecule has 4 rings (SSSR count). The van der Waals surface area contributed by atoms with Gasteiger partial charge in [-0.05, 0) is 42.0 Å². The van der Waals surface area contributed by atoms with E-state index in [1.54, 1.807) is 60.9 Å². The lowest BCUT2D eigenvalue weighted by molar-refractivity contribution is -0.116. The number of ether oxygens (including phenoxy) is 1. The summed E-state index contributed by atoms with van der Waals surface area (Å²) in [5.41, 5.74) is 2.12. The fraction of sp³-hybridized carbons (Fsp3) is 0.130. The smallest absolute Gasteiger partial charge is 0.227 e. The normalized spacial score (nSPS) is 10.6. The molecular weight excluding hydrogens is 399 g/mol. The zero-order valence-electron chi connectivity index (χ0n) is 16.5. The first-order chi connectivity index (χ1) is 15.2. The molecule has 2 aromatic heterocycles. The van der Waals surface area contributed by atoms with Crippen molar-refractivity contribution in [2.45, 2.75) is 19.4 Å². The molecule has 0 aliphatic carbocycles. The topological polar surface area (TPSA) is 90.1 Å². The molecule has 2 aromatic carbocycles. The Kier molecular flexibility index (Phi) is 6.27. The molecule has 0 bridgehead atoms. The summed E-state index contributed by atoms with van der Waals surface area (Å²) >= 11 is 0. The van der Waals surface area contributed by atoms with Gasteiger partial charge in [0.15, 0.2) is 0 Å². The van der Waals surface area contributed by atoms with Gasteiger partial charge in [0.2, 0.25) is 17.6 Å². The lowest BCUT2D eigenvalue weighted by Crippen LogP contribution is -2.12. The van der Waals surface area contributed by atoms with Crippen molar-refractivity contribution < 1.29 is 18.4 Å². The molecule has 0 saturated carbocycles. The first-order valence-corrected chi connectivity index (χ1v) is 9.66. The van der Waals surface area contributed by atoms with E-state index in [9.17, 15) is 9.18 Å². The summed E-state index contributed by atoms with van der Waals surface area (Å²) < 4.78 is 24.2. The van der Waals surface area contributed by atoms with Crippen molar-refractivity contribution >= 4 is 11.6 Å². The van der Waals surface area contributed by atoms with E-state index in [2.05, 4.69) is 20.4 Å². The third kappa shape index (κ3) is 5.72. The van der Waals surface area contributed by atoms with E-state index in [4.69, 9.17) is 9.26 Å². The second-order valence-corrected chi connectivity index (χ2v) is 6.74. The van der Waals surface area contributed by atoms with Gasteiger partial charge < -0.3 is 14.6 Å². The largest absolute Gasteiger partial charge is 0.489 e. The minimum atomic E-state index is -0.309. The third-order valence-electron chi connectivity index (χ3n) is 4.38. The van der Waals surface area contributed by atoms with Gasteiger partial charge in [0.05, 0.1) is 0 Å². The Labute approximate surface area is 177 Å². The number of carbonyl (C=O) groups is 1. The molecule has 8 heteroatoms. The molecular formula is C23H19FN4O3. The Balaban J connectivity index is 1.29. The predicted molar refractivity (Wildman–Crippen MR) is 112 cm³/mol. The maximum absolute atomic E-state index is 13.3. The van der Waals surface area contributed by atoms with E-state index in [0.29, 0.717) is 29.6 Å². The molecule has 0 fully saturated rings. The number of amides is 1. The van der Waals surface area contributed by atoms with E-state index in [0.717, 1.165) is 11.1 Å². The molecule has 1 amide bonds. The number of hydrogen-bond donors (Lipinski definition) is 1. The fourth-order valence-electron chi connectivity index (χ4n) is 2.88. The number of benzene rings is 2. The molecule has 0 atom stereocenters. The van der Waals surface area contributed by atoms with E-state index >= 15 is 0 Å². The SMILES string of the molecule is O=C(CCc1nc(-c2ccncc2)no1)Nc1cccc(OCc2cccc(F)c2)c1. The maximum Gasteiger partial charge on any atom is 0.227 e. The Bertz CT molecular complexity index is 1160. The zero-order chi connectivity index (χ0) is 21.5. The lowest BCUT2D eigenvalue weighted by atomic mass is 10.2. The van der Waals surface area contributed by atoms with E-state index in [1.165, 1.54) is 12.1 Å². The second-order valence-electron chi connectivity index (χ2n) is 6.74. The average Bonchev–Trinajstić information content (AvgIpc) is 3.27. The maximum atomic E-state index is 13.3. The van der Waals surface area contributed by atoms with Crippen LogP contribution in [0, 0.1) is 5.82 Å².